The fraction of sp³-hybridized carbons (Fsp3) is 0.571. The Morgan fingerprint density at radius 1 is 1.19 bits per heavy atom. The summed E-state index contributed by atoms with van der Waals surface area (Å²) < 4.78 is 2.33. The average molecular weight is 356 g/mol. The second-order valence-corrected chi connectivity index (χ2v) is 7.12. The van der Waals surface area contributed by atoms with Crippen LogP contribution in [0.15, 0.2) is 41.5 Å². The van der Waals surface area contributed by atoms with Crippen LogP contribution in [0.5, 0.6) is 0 Å². The molecule has 0 aliphatic carbocycles. The number of aliphatic imine (C=N–C) groups is 1. The average Bonchev–Trinajstić information content (AvgIpc) is 3.30. The zero-order valence-corrected chi connectivity index (χ0v) is 16.2. The Balaban J connectivity index is 1.44. The van der Waals surface area contributed by atoms with Gasteiger partial charge >= 0.3 is 0 Å². The maximum absolute atomic E-state index is 4.81. The first-order valence-corrected chi connectivity index (χ1v) is 10.1. The highest BCUT2D eigenvalue weighted by molar-refractivity contribution is 5.80. The van der Waals surface area contributed by atoms with Crippen LogP contribution in [0.25, 0.3) is 10.9 Å². The van der Waals surface area contributed by atoms with Crippen molar-refractivity contribution in [3.05, 3.63) is 36.5 Å². The summed E-state index contributed by atoms with van der Waals surface area (Å²) in [4.78, 5) is 7.33. The van der Waals surface area contributed by atoms with Gasteiger partial charge in [-0.2, -0.15) is 0 Å². The van der Waals surface area contributed by atoms with Crippen molar-refractivity contribution in [3.63, 3.8) is 0 Å². The van der Waals surface area contributed by atoms with Gasteiger partial charge in [-0.15, -0.1) is 0 Å². The number of hydrogen-bond acceptors (Lipinski definition) is 2. The third-order valence-corrected chi connectivity index (χ3v) is 5.22. The Morgan fingerprint density at radius 3 is 2.88 bits per heavy atom. The zero-order chi connectivity index (χ0) is 18.2. The number of nitrogens with one attached hydrogen (secondary N) is 2. The van der Waals surface area contributed by atoms with Crippen LogP contribution in [0.2, 0.25) is 0 Å². The van der Waals surface area contributed by atoms with Crippen LogP contribution < -0.4 is 10.6 Å². The first kappa shape index (κ1) is 18.8. The van der Waals surface area contributed by atoms with E-state index in [1.54, 1.807) is 0 Å². The molecule has 142 valence electrons. The number of guanidine groups is 1. The molecule has 1 atom stereocenters. The number of fused-ring (bicyclic) bond motifs is 1. The van der Waals surface area contributed by atoms with Crippen LogP contribution in [0.4, 0.5) is 0 Å². The molecule has 3 rings (SSSR count). The van der Waals surface area contributed by atoms with Gasteiger partial charge in [0.15, 0.2) is 5.96 Å². The predicted octanol–water partition coefficient (Wildman–Crippen LogP) is 2.93. The zero-order valence-electron chi connectivity index (χ0n) is 16.2. The molecular weight excluding hydrogens is 322 g/mol. The van der Waals surface area contributed by atoms with Crippen molar-refractivity contribution < 1.29 is 0 Å². The number of nitrogens with zero attached hydrogens (tertiary/aromatic N) is 3. The van der Waals surface area contributed by atoms with Gasteiger partial charge in [-0.25, -0.2) is 0 Å². The lowest BCUT2D eigenvalue weighted by Gasteiger charge is -2.14. The number of benzene rings is 1. The maximum Gasteiger partial charge on any atom is 0.191 e. The Hall–Kier alpha value is -2.01. The van der Waals surface area contributed by atoms with Gasteiger partial charge in [0.2, 0.25) is 0 Å². The molecule has 1 aliphatic heterocycles. The van der Waals surface area contributed by atoms with E-state index in [4.69, 9.17) is 4.99 Å². The third-order valence-electron chi connectivity index (χ3n) is 5.22. The summed E-state index contributed by atoms with van der Waals surface area (Å²) >= 11 is 0. The van der Waals surface area contributed by atoms with Crippen LogP contribution in [-0.4, -0.2) is 54.7 Å². The van der Waals surface area contributed by atoms with Crippen LogP contribution in [-0.2, 0) is 6.54 Å². The number of hydrogen-bond donors (Lipinski definition) is 2. The van der Waals surface area contributed by atoms with Crippen molar-refractivity contribution in [1.29, 1.82) is 0 Å². The Kier molecular flexibility index (Phi) is 6.95. The first-order valence-electron chi connectivity index (χ1n) is 10.1. The lowest BCUT2D eigenvalue weighted by Crippen LogP contribution is -2.38. The van der Waals surface area contributed by atoms with Gasteiger partial charge in [0.25, 0.3) is 0 Å². The fourth-order valence-corrected chi connectivity index (χ4v) is 3.70. The highest BCUT2D eigenvalue weighted by Gasteiger charge is 2.20. The Morgan fingerprint density at radius 2 is 2.08 bits per heavy atom. The van der Waals surface area contributed by atoms with E-state index in [0.717, 1.165) is 45.1 Å². The molecule has 1 saturated heterocycles. The normalized spacial score (nSPS) is 18.5. The number of aryl methyl sites for hydroxylation is 1. The maximum atomic E-state index is 4.81. The van der Waals surface area contributed by atoms with E-state index in [1.165, 1.54) is 30.4 Å². The molecule has 0 bridgehead atoms. The van der Waals surface area contributed by atoms with Crippen LogP contribution in [0.3, 0.4) is 0 Å². The summed E-state index contributed by atoms with van der Waals surface area (Å²) in [6, 6.07) is 10.8. The summed E-state index contributed by atoms with van der Waals surface area (Å²) in [7, 11) is 0. The van der Waals surface area contributed by atoms with Gasteiger partial charge in [0, 0.05) is 44.4 Å². The Labute approximate surface area is 157 Å². The molecule has 1 aliphatic rings. The highest BCUT2D eigenvalue weighted by atomic mass is 15.2. The van der Waals surface area contributed by atoms with Crippen molar-refractivity contribution in [1.82, 2.24) is 20.1 Å². The van der Waals surface area contributed by atoms with Gasteiger partial charge in [0.05, 0.1) is 0 Å². The highest BCUT2D eigenvalue weighted by Crippen LogP contribution is 2.16. The van der Waals surface area contributed by atoms with E-state index < -0.39 is 0 Å². The second-order valence-electron chi connectivity index (χ2n) is 7.12. The van der Waals surface area contributed by atoms with E-state index in [0.29, 0.717) is 5.92 Å². The fourth-order valence-electron chi connectivity index (χ4n) is 3.70. The molecule has 0 radical (unpaired) electrons. The molecule has 1 aromatic carbocycles. The minimum absolute atomic E-state index is 0.705. The minimum atomic E-state index is 0.705. The van der Waals surface area contributed by atoms with Crippen molar-refractivity contribution >= 4 is 16.9 Å². The quantitative estimate of drug-likeness (QED) is 0.435. The molecule has 2 N–H and O–H groups in total. The van der Waals surface area contributed by atoms with Crippen LogP contribution >= 0.6 is 0 Å². The molecule has 5 heteroatoms. The smallest absolute Gasteiger partial charge is 0.191 e. The van der Waals surface area contributed by atoms with E-state index >= 15 is 0 Å². The van der Waals surface area contributed by atoms with Gasteiger partial charge < -0.3 is 20.1 Å². The van der Waals surface area contributed by atoms with Crippen molar-refractivity contribution in [2.45, 2.75) is 33.2 Å². The monoisotopic (exact) mass is 355 g/mol. The molecule has 5 nitrogen and oxygen atoms in total. The summed E-state index contributed by atoms with van der Waals surface area (Å²) in [5, 5.41) is 8.18. The summed E-state index contributed by atoms with van der Waals surface area (Å²) in [5.74, 6) is 1.66. The van der Waals surface area contributed by atoms with Gasteiger partial charge in [-0.3, -0.25) is 4.99 Å². The summed E-state index contributed by atoms with van der Waals surface area (Å²) in [6.45, 7) is 11.7. The molecule has 2 heterocycles. The van der Waals surface area contributed by atoms with Crippen molar-refractivity contribution in [3.8, 4) is 0 Å². The molecule has 0 spiro atoms. The van der Waals surface area contributed by atoms with Crippen molar-refractivity contribution in [2.24, 2.45) is 10.9 Å². The molecular formula is C21H33N5. The SMILES string of the molecule is CCNC(=NCC1CCN(CC)C1)NCCCn1ccc2ccccc21. The second kappa shape index (κ2) is 9.62. The molecule has 2 aromatic rings. The standard InChI is InChI=1S/C21H33N5/c1-3-22-21(24-16-18-10-14-25(4-2)17-18)23-12-7-13-26-15-11-19-8-5-6-9-20(19)26/h5-6,8-9,11,15,18H,3-4,7,10,12-14,16-17H2,1-2H3,(H2,22,23,24). The van der Waals surface area contributed by atoms with Crippen molar-refractivity contribution in [2.75, 3.05) is 39.3 Å². The molecule has 1 unspecified atom stereocenters. The van der Waals surface area contributed by atoms with Crippen LogP contribution in [0, 0.1) is 5.92 Å². The molecule has 1 fully saturated rings. The molecule has 0 amide bonds. The largest absolute Gasteiger partial charge is 0.357 e. The van der Waals surface area contributed by atoms with E-state index in [1.807, 2.05) is 0 Å². The molecule has 26 heavy (non-hydrogen) atoms. The minimum Gasteiger partial charge on any atom is -0.357 e. The number of aromatic nitrogens is 1. The number of para-hydroxylation sites is 1. The van der Waals surface area contributed by atoms with E-state index in [-0.39, 0.29) is 0 Å². The number of rotatable bonds is 8. The Bertz CT molecular complexity index is 705. The van der Waals surface area contributed by atoms with Gasteiger partial charge in [0.1, 0.15) is 0 Å². The van der Waals surface area contributed by atoms with Gasteiger partial charge in [-0.1, -0.05) is 25.1 Å². The van der Waals surface area contributed by atoms with Gasteiger partial charge in [-0.05, 0) is 56.3 Å². The summed E-state index contributed by atoms with van der Waals surface area (Å²) in [5.41, 5.74) is 1.31. The van der Waals surface area contributed by atoms with E-state index in [2.05, 4.69) is 70.5 Å². The lowest BCUT2D eigenvalue weighted by molar-refractivity contribution is 0.343. The third kappa shape index (κ3) is 5.01. The molecule has 1 aromatic heterocycles. The number of likely N-dealkylation sites (tertiary alicyclic amines) is 1. The molecule has 0 saturated carbocycles. The first-order chi connectivity index (χ1) is 12.8. The lowest BCUT2D eigenvalue weighted by atomic mass is 10.1. The van der Waals surface area contributed by atoms with E-state index in [9.17, 15) is 0 Å². The van der Waals surface area contributed by atoms with Crippen LogP contribution in [0.1, 0.15) is 26.7 Å². The summed E-state index contributed by atoms with van der Waals surface area (Å²) in [6.07, 6.45) is 4.54. The predicted molar refractivity (Wildman–Crippen MR) is 111 cm³/mol. The topological polar surface area (TPSA) is 44.6 Å².